The van der Waals surface area contributed by atoms with Gasteiger partial charge in [-0.2, -0.15) is 0 Å². The van der Waals surface area contributed by atoms with Crippen LogP contribution in [0.15, 0.2) is 16.7 Å². The van der Waals surface area contributed by atoms with Crippen molar-refractivity contribution in [2.24, 2.45) is 0 Å². The molecule has 0 fully saturated rings. The quantitative estimate of drug-likeness (QED) is 0.744. The summed E-state index contributed by atoms with van der Waals surface area (Å²) in [7, 11) is 0. The Bertz CT molecular complexity index is 591. The molecule has 2 atom stereocenters. The molecular weight excluding hydrogens is 280 g/mol. The minimum Gasteiger partial charge on any atom is -0.369 e. The lowest BCUT2D eigenvalue weighted by Crippen LogP contribution is -2.22. The van der Waals surface area contributed by atoms with E-state index in [1.54, 1.807) is 0 Å². The molecular formula is C13H15BrN2O. The van der Waals surface area contributed by atoms with Crippen LogP contribution in [0, 0.1) is 6.92 Å². The Labute approximate surface area is 109 Å². The number of halogens is 1. The van der Waals surface area contributed by atoms with E-state index in [9.17, 15) is 0 Å². The third-order valence-corrected chi connectivity index (χ3v) is 3.72. The normalized spacial score (nSPS) is 24.0. The summed E-state index contributed by atoms with van der Waals surface area (Å²) in [6, 6.07) is 2.10. The highest BCUT2D eigenvalue weighted by atomic mass is 79.9. The Morgan fingerprint density at radius 1 is 1.47 bits per heavy atom. The molecule has 17 heavy (non-hydrogen) atoms. The van der Waals surface area contributed by atoms with E-state index in [2.05, 4.69) is 53.4 Å². The van der Waals surface area contributed by atoms with Gasteiger partial charge in [0.25, 0.3) is 0 Å². The fourth-order valence-electron chi connectivity index (χ4n) is 2.65. The average molecular weight is 295 g/mol. The molecule has 0 saturated carbocycles. The predicted octanol–water partition coefficient (Wildman–Crippen LogP) is 3.43. The van der Waals surface area contributed by atoms with Gasteiger partial charge in [0.05, 0.1) is 23.6 Å². The van der Waals surface area contributed by atoms with Crippen molar-refractivity contribution in [1.29, 1.82) is 0 Å². The van der Waals surface area contributed by atoms with E-state index in [4.69, 9.17) is 9.72 Å². The maximum Gasteiger partial charge on any atom is 0.140 e. The number of fused-ring (bicyclic) bond motifs is 3. The number of pyridine rings is 1. The zero-order valence-corrected chi connectivity index (χ0v) is 11.8. The van der Waals surface area contributed by atoms with Gasteiger partial charge < -0.3 is 4.74 Å². The third-order valence-electron chi connectivity index (χ3n) is 3.29. The lowest BCUT2D eigenvalue weighted by Gasteiger charge is -2.25. The van der Waals surface area contributed by atoms with E-state index >= 15 is 0 Å². The van der Waals surface area contributed by atoms with Crippen LogP contribution in [0.3, 0.4) is 0 Å². The molecule has 0 spiro atoms. The van der Waals surface area contributed by atoms with Gasteiger partial charge in [0.2, 0.25) is 0 Å². The highest BCUT2D eigenvalue weighted by Gasteiger charge is 2.27. The summed E-state index contributed by atoms with van der Waals surface area (Å²) in [5.41, 5.74) is 4.61. The first kappa shape index (κ1) is 11.2. The van der Waals surface area contributed by atoms with E-state index in [1.807, 2.05) is 0 Å². The second kappa shape index (κ2) is 3.82. The van der Waals surface area contributed by atoms with Crippen LogP contribution >= 0.6 is 15.9 Å². The van der Waals surface area contributed by atoms with Gasteiger partial charge in [0.15, 0.2) is 0 Å². The number of aryl methyl sites for hydroxylation is 1. The van der Waals surface area contributed by atoms with Gasteiger partial charge in [-0.25, -0.2) is 4.98 Å². The minimum atomic E-state index is 0.109. The van der Waals surface area contributed by atoms with Crippen LogP contribution in [0.5, 0.6) is 0 Å². The number of rotatable bonds is 0. The summed E-state index contributed by atoms with van der Waals surface area (Å²) in [5.74, 6) is 0. The molecule has 0 amide bonds. The molecule has 3 nitrogen and oxygen atoms in total. The summed E-state index contributed by atoms with van der Waals surface area (Å²) in [6.45, 7) is 6.29. The van der Waals surface area contributed by atoms with E-state index in [0.717, 1.165) is 16.5 Å². The van der Waals surface area contributed by atoms with Crippen molar-refractivity contribution in [3.63, 3.8) is 0 Å². The van der Waals surface area contributed by atoms with Crippen molar-refractivity contribution < 1.29 is 4.74 Å². The average Bonchev–Trinajstić information content (AvgIpc) is 2.56. The van der Waals surface area contributed by atoms with E-state index in [0.29, 0.717) is 0 Å². The monoisotopic (exact) mass is 294 g/mol. The number of hydrogen-bond donors (Lipinski definition) is 0. The maximum atomic E-state index is 5.88. The summed E-state index contributed by atoms with van der Waals surface area (Å²) >= 11 is 3.54. The van der Waals surface area contributed by atoms with Crippen molar-refractivity contribution in [2.45, 2.75) is 39.4 Å². The lowest BCUT2D eigenvalue weighted by molar-refractivity contribution is -0.00833. The molecule has 0 aliphatic carbocycles. The number of nitrogens with zero attached hydrogens (tertiary/aromatic N) is 2. The molecule has 4 heteroatoms. The lowest BCUT2D eigenvalue weighted by atomic mass is 10.1. The largest absolute Gasteiger partial charge is 0.369 e. The summed E-state index contributed by atoms with van der Waals surface area (Å²) in [4.78, 5) is 4.76. The zero-order valence-electron chi connectivity index (χ0n) is 10.2. The van der Waals surface area contributed by atoms with Crippen LogP contribution in [-0.4, -0.2) is 15.5 Å². The summed E-state index contributed by atoms with van der Waals surface area (Å²) in [6.07, 6.45) is 3.34. The smallest absolute Gasteiger partial charge is 0.140 e. The van der Waals surface area contributed by atoms with E-state index in [-0.39, 0.29) is 12.2 Å². The molecule has 2 unspecified atom stereocenters. The topological polar surface area (TPSA) is 26.5 Å². The first-order chi connectivity index (χ1) is 8.06. The van der Waals surface area contributed by atoms with Gasteiger partial charge in [0, 0.05) is 17.1 Å². The first-order valence-corrected chi connectivity index (χ1v) is 6.68. The minimum absolute atomic E-state index is 0.109. The Kier molecular flexibility index (Phi) is 2.52. The third kappa shape index (κ3) is 1.70. The molecule has 3 rings (SSSR count). The molecule has 0 aromatic carbocycles. The second-order valence-electron chi connectivity index (χ2n) is 4.77. The van der Waals surface area contributed by atoms with Crippen molar-refractivity contribution in [2.75, 3.05) is 0 Å². The van der Waals surface area contributed by atoms with Gasteiger partial charge in [-0.3, -0.25) is 4.40 Å². The number of ether oxygens (including phenoxy) is 1. The molecule has 2 aromatic heterocycles. The maximum absolute atomic E-state index is 5.88. The van der Waals surface area contributed by atoms with E-state index < -0.39 is 0 Å². The molecule has 0 radical (unpaired) electrons. The Morgan fingerprint density at radius 2 is 2.24 bits per heavy atom. The summed E-state index contributed by atoms with van der Waals surface area (Å²) < 4.78 is 9.12. The van der Waals surface area contributed by atoms with Crippen LogP contribution in [0.2, 0.25) is 0 Å². The van der Waals surface area contributed by atoms with Crippen LogP contribution < -0.4 is 0 Å². The zero-order chi connectivity index (χ0) is 12.2. The molecule has 1 aliphatic rings. The van der Waals surface area contributed by atoms with Crippen LogP contribution in [0.4, 0.5) is 0 Å². The Balaban J connectivity index is 2.32. The van der Waals surface area contributed by atoms with Crippen molar-refractivity contribution in [3.05, 3.63) is 33.7 Å². The second-order valence-corrected chi connectivity index (χ2v) is 5.69. The van der Waals surface area contributed by atoms with Gasteiger partial charge in [-0.05, 0) is 48.3 Å². The number of imidazole rings is 1. The van der Waals surface area contributed by atoms with Crippen LogP contribution in [0.25, 0.3) is 5.65 Å². The van der Waals surface area contributed by atoms with E-state index in [1.165, 1.54) is 17.0 Å². The fraction of sp³-hybridized carbons (Fsp3) is 0.462. The van der Waals surface area contributed by atoms with Crippen molar-refractivity contribution in [3.8, 4) is 0 Å². The number of aromatic nitrogens is 2. The number of hydrogen-bond acceptors (Lipinski definition) is 2. The van der Waals surface area contributed by atoms with Gasteiger partial charge in [0.1, 0.15) is 5.65 Å². The van der Waals surface area contributed by atoms with Crippen molar-refractivity contribution >= 4 is 21.6 Å². The SMILES string of the molecule is Cc1cc(Br)cn2c3c(nc12)CC(C)OC3C. The van der Waals surface area contributed by atoms with Gasteiger partial charge in [-0.15, -0.1) is 0 Å². The molecule has 0 bridgehead atoms. The molecule has 0 N–H and O–H groups in total. The van der Waals surface area contributed by atoms with Crippen LogP contribution in [0.1, 0.15) is 36.9 Å². The highest BCUT2D eigenvalue weighted by Crippen LogP contribution is 2.32. The molecule has 2 aromatic rings. The van der Waals surface area contributed by atoms with Gasteiger partial charge in [-0.1, -0.05) is 0 Å². The molecule has 0 saturated heterocycles. The van der Waals surface area contributed by atoms with Gasteiger partial charge >= 0.3 is 0 Å². The molecule has 1 aliphatic heterocycles. The molecule has 3 heterocycles. The molecule has 90 valence electrons. The highest BCUT2D eigenvalue weighted by molar-refractivity contribution is 9.10. The fourth-order valence-corrected chi connectivity index (χ4v) is 3.20. The predicted molar refractivity (Wildman–Crippen MR) is 70.3 cm³/mol. The Morgan fingerprint density at radius 3 is 3.00 bits per heavy atom. The standard InChI is InChI=1S/C13H15BrN2O/c1-7-4-10(14)6-16-12-9(3)17-8(2)5-11(12)15-13(7)16/h4,6,8-9H,5H2,1-3H3. The van der Waals surface area contributed by atoms with Crippen LogP contribution in [-0.2, 0) is 11.2 Å². The first-order valence-electron chi connectivity index (χ1n) is 5.88. The summed E-state index contributed by atoms with van der Waals surface area (Å²) in [5, 5.41) is 0. The Hall–Kier alpha value is -0.870. The van der Waals surface area contributed by atoms with Crippen molar-refractivity contribution in [1.82, 2.24) is 9.38 Å².